The number of nitrogens with zero attached hydrogens (tertiary/aromatic N) is 1. The third-order valence-electron chi connectivity index (χ3n) is 2.05. The van der Waals surface area contributed by atoms with Crippen LogP contribution in [-0.2, 0) is 11.8 Å². The summed E-state index contributed by atoms with van der Waals surface area (Å²) in [4.78, 5) is 18.5. The summed E-state index contributed by atoms with van der Waals surface area (Å²) < 4.78 is 0. The third kappa shape index (κ3) is 2.69. The lowest BCUT2D eigenvalue weighted by atomic mass is 9.92. The van der Waals surface area contributed by atoms with E-state index >= 15 is 0 Å². The largest absolute Gasteiger partial charge is 0.311 e. The smallest absolute Gasteiger partial charge is 0.251 e. The second kappa shape index (κ2) is 3.95. The van der Waals surface area contributed by atoms with Gasteiger partial charge in [0, 0.05) is 17.9 Å². The van der Waals surface area contributed by atoms with E-state index in [0.29, 0.717) is 0 Å². The van der Waals surface area contributed by atoms with Crippen molar-refractivity contribution >= 4 is 0 Å². The number of rotatable bonds is 2. The van der Waals surface area contributed by atoms with Crippen molar-refractivity contribution in [3.8, 4) is 0 Å². The molecule has 3 heteroatoms. The summed E-state index contributed by atoms with van der Waals surface area (Å²) in [6.07, 6.45) is 1.83. The lowest BCUT2D eigenvalue weighted by Crippen LogP contribution is -2.21. The van der Waals surface area contributed by atoms with E-state index < -0.39 is 0 Å². The van der Waals surface area contributed by atoms with Crippen LogP contribution in [0, 0.1) is 0 Å². The number of aromatic amines is 1. The van der Waals surface area contributed by atoms with Crippen LogP contribution in [-0.4, -0.2) is 9.97 Å². The van der Waals surface area contributed by atoms with E-state index in [0.717, 1.165) is 24.4 Å². The Morgan fingerprint density at radius 1 is 1.43 bits per heavy atom. The molecular weight excluding hydrogens is 176 g/mol. The predicted molar refractivity (Wildman–Crippen MR) is 57.6 cm³/mol. The molecule has 1 N–H and O–H groups in total. The molecule has 1 aromatic rings. The molecule has 1 heterocycles. The van der Waals surface area contributed by atoms with E-state index in [1.165, 1.54) is 0 Å². The Kier molecular flexibility index (Phi) is 3.09. The van der Waals surface area contributed by atoms with E-state index in [-0.39, 0.29) is 11.0 Å². The molecule has 0 unspecified atom stereocenters. The molecule has 0 saturated carbocycles. The van der Waals surface area contributed by atoms with E-state index in [2.05, 4.69) is 37.7 Å². The second-order valence-electron chi connectivity index (χ2n) is 4.58. The highest BCUT2D eigenvalue weighted by atomic mass is 16.1. The first-order chi connectivity index (χ1) is 6.43. The fourth-order valence-corrected chi connectivity index (χ4v) is 1.25. The molecule has 0 radical (unpaired) electrons. The van der Waals surface area contributed by atoms with Gasteiger partial charge in [0.2, 0.25) is 0 Å². The van der Waals surface area contributed by atoms with Crippen molar-refractivity contribution in [2.75, 3.05) is 0 Å². The first kappa shape index (κ1) is 11.0. The van der Waals surface area contributed by atoms with Crippen LogP contribution in [0.25, 0.3) is 0 Å². The zero-order chi connectivity index (χ0) is 10.8. The Balaban J connectivity index is 3.14. The minimum absolute atomic E-state index is 0.0478. The lowest BCUT2D eigenvalue weighted by Gasteiger charge is -2.17. The molecule has 78 valence electrons. The van der Waals surface area contributed by atoms with Gasteiger partial charge in [-0.25, -0.2) is 4.98 Å². The fourth-order valence-electron chi connectivity index (χ4n) is 1.25. The van der Waals surface area contributed by atoms with Crippen LogP contribution in [0.3, 0.4) is 0 Å². The Morgan fingerprint density at radius 2 is 2.07 bits per heavy atom. The van der Waals surface area contributed by atoms with Crippen molar-refractivity contribution in [3.63, 3.8) is 0 Å². The average Bonchev–Trinajstić information content (AvgIpc) is 2.02. The lowest BCUT2D eigenvalue weighted by molar-refractivity contribution is 0.559. The number of nitrogens with one attached hydrogen (secondary N) is 1. The van der Waals surface area contributed by atoms with Crippen LogP contribution in [0.4, 0.5) is 0 Å². The van der Waals surface area contributed by atoms with Crippen molar-refractivity contribution in [1.29, 1.82) is 0 Å². The van der Waals surface area contributed by atoms with Crippen LogP contribution >= 0.6 is 0 Å². The van der Waals surface area contributed by atoms with Crippen molar-refractivity contribution in [1.82, 2.24) is 9.97 Å². The van der Waals surface area contributed by atoms with E-state index in [1.54, 1.807) is 6.07 Å². The molecule has 0 spiro atoms. The van der Waals surface area contributed by atoms with Gasteiger partial charge in [-0.2, -0.15) is 0 Å². The molecular formula is C11H18N2O. The minimum atomic E-state index is -0.0588. The first-order valence-electron chi connectivity index (χ1n) is 5.04. The molecule has 1 rings (SSSR count). The zero-order valence-electron chi connectivity index (χ0n) is 9.35. The molecule has 0 fully saturated rings. The SMILES string of the molecule is CCCc1nc(C(C)(C)C)cc(=O)[nH]1. The van der Waals surface area contributed by atoms with Crippen LogP contribution in [0.1, 0.15) is 45.6 Å². The van der Waals surface area contributed by atoms with E-state index in [1.807, 2.05) is 0 Å². The number of hydrogen-bond donors (Lipinski definition) is 1. The molecule has 0 aliphatic carbocycles. The van der Waals surface area contributed by atoms with Gasteiger partial charge in [-0.15, -0.1) is 0 Å². The van der Waals surface area contributed by atoms with Crippen LogP contribution in [0.15, 0.2) is 10.9 Å². The van der Waals surface area contributed by atoms with Gasteiger partial charge in [-0.05, 0) is 6.42 Å². The van der Waals surface area contributed by atoms with Crippen molar-refractivity contribution < 1.29 is 0 Å². The van der Waals surface area contributed by atoms with Gasteiger partial charge in [0.1, 0.15) is 5.82 Å². The summed E-state index contributed by atoms with van der Waals surface area (Å²) in [5, 5.41) is 0. The fraction of sp³-hybridized carbons (Fsp3) is 0.636. The van der Waals surface area contributed by atoms with E-state index in [9.17, 15) is 4.79 Å². The minimum Gasteiger partial charge on any atom is -0.311 e. The number of hydrogen-bond acceptors (Lipinski definition) is 2. The Bertz CT molecular complexity index is 360. The van der Waals surface area contributed by atoms with Crippen LogP contribution in [0.2, 0.25) is 0 Å². The number of aromatic nitrogens is 2. The highest BCUT2D eigenvalue weighted by Gasteiger charge is 2.16. The summed E-state index contributed by atoms with van der Waals surface area (Å²) in [6.45, 7) is 8.25. The highest BCUT2D eigenvalue weighted by Crippen LogP contribution is 2.18. The molecule has 0 aromatic carbocycles. The summed E-state index contributed by atoms with van der Waals surface area (Å²) in [6, 6.07) is 1.58. The van der Waals surface area contributed by atoms with Crippen LogP contribution in [0.5, 0.6) is 0 Å². The molecule has 0 saturated heterocycles. The predicted octanol–water partition coefficient (Wildman–Crippen LogP) is 2.02. The quantitative estimate of drug-likeness (QED) is 0.782. The molecule has 0 aliphatic rings. The number of aryl methyl sites for hydroxylation is 1. The van der Waals surface area contributed by atoms with Gasteiger partial charge in [-0.1, -0.05) is 27.7 Å². The molecule has 0 bridgehead atoms. The molecule has 3 nitrogen and oxygen atoms in total. The molecule has 1 aromatic heterocycles. The molecule has 14 heavy (non-hydrogen) atoms. The van der Waals surface area contributed by atoms with Crippen molar-refractivity contribution in [2.45, 2.75) is 46.0 Å². The number of H-pyrrole nitrogens is 1. The van der Waals surface area contributed by atoms with Gasteiger partial charge in [-0.3, -0.25) is 4.79 Å². The monoisotopic (exact) mass is 194 g/mol. The summed E-state index contributed by atoms with van der Waals surface area (Å²) in [7, 11) is 0. The zero-order valence-corrected chi connectivity index (χ0v) is 9.35. The Hall–Kier alpha value is -1.12. The summed E-state index contributed by atoms with van der Waals surface area (Å²) in [5.74, 6) is 0.796. The molecule has 0 atom stereocenters. The van der Waals surface area contributed by atoms with Gasteiger partial charge >= 0.3 is 0 Å². The van der Waals surface area contributed by atoms with Crippen LogP contribution < -0.4 is 5.56 Å². The maximum absolute atomic E-state index is 11.3. The van der Waals surface area contributed by atoms with E-state index in [4.69, 9.17) is 0 Å². The molecule has 0 aliphatic heterocycles. The molecule has 0 amide bonds. The Labute approximate surface area is 84.6 Å². The standard InChI is InChI=1S/C11H18N2O/c1-5-6-9-12-8(11(2,3)4)7-10(14)13-9/h7H,5-6H2,1-4H3,(H,12,13,14). The summed E-state index contributed by atoms with van der Waals surface area (Å²) in [5.41, 5.74) is 0.759. The first-order valence-corrected chi connectivity index (χ1v) is 5.04. The van der Waals surface area contributed by atoms with Gasteiger partial charge in [0.15, 0.2) is 0 Å². The van der Waals surface area contributed by atoms with Gasteiger partial charge < -0.3 is 4.98 Å². The average molecular weight is 194 g/mol. The van der Waals surface area contributed by atoms with Gasteiger partial charge in [0.05, 0.1) is 5.69 Å². The normalized spacial score (nSPS) is 11.7. The third-order valence-corrected chi connectivity index (χ3v) is 2.05. The highest BCUT2D eigenvalue weighted by molar-refractivity contribution is 5.12. The van der Waals surface area contributed by atoms with Crippen molar-refractivity contribution in [2.24, 2.45) is 0 Å². The topological polar surface area (TPSA) is 45.8 Å². The maximum Gasteiger partial charge on any atom is 0.251 e. The Morgan fingerprint density at radius 3 is 2.57 bits per heavy atom. The summed E-state index contributed by atoms with van der Waals surface area (Å²) >= 11 is 0. The second-order valence-corrected chi connectivity index (χ2v) is 4.58. The van der Waals surface area contributed by atoms with Crippen molar-refractivity contribution in [3.05, 3.63) is 27.9 Å². The maximum atomic E-state index is 11.3. The van der Waals surface area contributed by atoms with Gasteiger partial charge in [0.25, 0.3) is 5.56 Å².